The molecule has 1 aliphatic heterocycles. The molecular weight excluding hydrogens is 276 g/mol. The van der Waals surface area contributed by atoms with Gasteiger partial charge in [-0.05, 0) is 52.2 Å². The molecule has 0 saturated carbocycles. The molecule has 0 unspecified atom stereocenters. The minimum atomic E-state index is -0.151. The summed E-state index contributed by atoms with van der Waals surface area (Å²) in [5.41, 5.74) is 1.60. The van der Waals surface area contributed by atoms with Crippen molar-refractivity contribution in [2.75, 3.05) is 13.2 Å². The zero-order valence-electron chi connectivity index (χ0n) is 14.3. The molecule has 0 N–H and O–H groups in total. The van der Waals surface area contributed by atoms with Crippen LogP contribution in [0.3, 0.4) is 0 Å². The number of rotatable bonds is 5. The van der Waals surface area contributed by atoms with Gasteiger partial charge in [0.05, 0.1) is 5.60 Å². The second kappa shape index (κ2) is 7.23. The van der Waals surface area contributed by atoms with Crippen LogP contribution in [0.15, 0.2) is 18.3 Å². The highest BCUT2D eigenvalue weighted by atomic mass is 16.5. The Morgan fingerprint density at radius 1 is 1.45 bits per heavy atom. The number of hydrogen-bond acceptors (Lipinski definition) is 3. The fourth-order valence-electron chi connectivity index (χ4n) is 3.20. The van der Waals surface area contributed by atoms with Crippen LogP contribution in [0.4, 0.5) is 0 Å². The fraction of sp³-hybridized carbons (Fsp3) is 0.667. The molecule has 2 heterocycles. The van der Waals surface area contributed by atoms with Crippen LogP contribution in [-0.4, -0.2) is 40.6 Å². The third-order valence-electron chi connectivity index (χ3n) is 4.28. The van der Waals surface area contributed by atoms with Crippen molar-refractivity contribution in [1.82, 2.24) is 9.88 Å². The summed E-state index contributed by atoms with van der Waals surface area (Å²) < 4.78 is 5.78. The van der Waals surface area contributed by atoms with E-state index < -0.39 is 0 Å². The molecule has 2 rings (SSSR count). The Morgan fingerprint density at radius 2 is 2.23 bits per heavy atom. The molecule has 0 aromatic carbocycles. The quantitative estimate of drug-likeness (QED) is 0.836. The molecule has 4 nitrogen and oxygen atoms in total. The first kappa shape index (κ1) is 16.9. The number of hydrogen-bond donors (Lipinski definition) is 0. The molecule has 0 spiro atoms. The normalized spacial score (nSPS) is 20.6. The predicted octanol–water partition coefficient (Wildman–Crippen LogP) is 3.45. The average molecular weight is 304 g/mol. The van der Waals surface area contributed by atoms with E-state index in [0.717, 1.165) is 50.1 Å². The third-order valence-corrected chi connectivity index (χ3v) is 4.28. The van der Waals surface area contributed by atoms with Crippen LogP contribution in [-0.2, 0) is 11.2 Å². The van der Waals surface area contributed by atoms with Crippen LogP contribution >= 0.6 is 0 Å². The summed E-state index contributed by atoms with van der Waals surface area (Å²) in [5.74, 6) is 0.116. The van der Waals surface area contributed by atoms with Gasteiger partial charge in [0.2, 0.25) is 0 Å². The van der Waals surface area contributed by atoms with Crippen LogP contribution in [0.25, 0.3) is 0 Å². The van der Waals surface area contributed by atoms with Gasteiger partial charge in [-0.1, -0.05) is 13.3 Å². The van der Waals surface area contributed by atoms with Gasteiger partial charge in [-0.2, -0.15) is 0 Å². The molecule has 1 saturated heterocycles. The molecule has 1 aromatic heterocycles. The molecule has 1 fully saturated rings. The fourth-order valence-corrected chi connectivity index (χ4v) is 3.20. The monoisotopic (exact) mass is 304 g/mol. The predicted molar refractivity (Wildman–Crippen MR) is 88.0 cm³/mol. The lowest BCUT2D eigenvalue weighted by Crippen LogP contribution is -2.48. The van der Waals surface area contributed by atoms with E-state index in [1.54, 1.807) is 6.20 Å². The van der Waals surface area contributed by atoms with E-state index >= 15 is 0 Å². The maximum absolute atomic E-state index is 12.9. The number of aromatic nitrogens is 1. The molecule has 4 heteroatoms. The van der Waals surface area contributed by atoms with E-state index in [1.165, 1.54) is 0 Å². The van der Waals surface area contributed by atoms with Crippen LogP contribution in [0, 0.1) is 0 Å². The number of amides is 1. The highest BCUT2D eigenvalue weighted by Gasteiger charge is 2.34. The van der Waals surface area contributed by atoms with Gasteiger partial charge in [0.1, 0.15) is 0 Å². The van der Waals surface area contributed by atoms with E-state index in [4.69, 9.17) is 4.74 Å². The van der Waals surface area contributed by atoms with E-state index in [9.17, 15) is 4.79 Å². The Hall–Kier alpha value is -1.42. The van der Waals surface area contributed by atoms with E-state index in [-0.39, 0.29) is 17.6 Å². The van der Waals surface area contributed by atoms with Gasteiger partial charge in [-0.15, -0.1) is 0 Å². The van der Waals surface area contributed by atoms with Gasteiger partial charge < -0.3 is 9.64 Å². The lowest BCUT2D eigenvalue weighted by atomic mass is 9.92. The number of pyridine rings is 1. The average Bonchev–Trinajstić information content (AvgIpc) is 2.47. The van der Waals surface area contributed by atoms with Gasteiger partial charge >= 0.3 is 0 Å². The number of ether oxygens (including phenoxy) is 1. The maximum Gasteiger partial charge on any atom is 0.254 e. The highest BCUT2D eigenvalue weighted by molar-refractivity contribution is 5.94. The van der Waals surface area contributed by atoms with E-state index in [2.05, 4.69) is 32.7 Å². The first-order chi connectivity index (χ1) is 10.5. The Kier molecular flexibility index (Phi) is 5.57. The van der Waals surface area contributed by atoms with Crippen molar-refractivity contribution in [3.63, 3.8) is 0 Å². The Morgan fingerprint density at radius 3 is 2.86 bits per heavy atom. The van der Waals surface area contributed by atoms with Crippen LogP contribution in [0.5, 0.6) is 0 Å². The SMILES string of the molecule is CCCc1cc(C(=O)N(CC)[C@@H]2CCOC(C)(C)C2)ccn1. The van der Waals surface area contributed by atoms with Gasteiger partial charge in [-0.3, -0.25) is 9.78 Å². The summed E-state index contributed by atoms with van der Waals surface area (Å²) in [6.45, 7) is 9.82. The van der Waals surface area contributed by atoms with Crippen molar-refractivity contribution >= 4 is 5.91 Å². The second-order valence-electron chi connectivity index (χ2n) is 6.63. The van der Waals surface area contributed by atoms with Crippen LogP contribution < -0.4 is 0 Å². The third kappa shape index (κ3) is 4.07. The van der Waals surface area contributed by atoms with Gasteiger partial charge in [0.25, 0.3) is 5.91 Å². The zero-order valence-corrected chi connectivity index (χ0v) is 14.3. The standard InChI is InChI=1S/C18H28N2O2/c1-5-7-15-12-14(8-10-19-15)17(21)20(6-2)16-9-11-22-18(3,4)13-16/h8,10,12,16H,5-7,9,11,13H2,1-4H3/t16-/m1/s1. The van der Waals surface area contributed by atoms with Crippen molar-refractivity contribution in [1.29, 1.82) is 0 Å². The van der Waals surface area contributed by atoms with Gasteiger partial charge in [0.15, 0.2) is 0 Å². The number of carbonyl (C=O) groups is 1. The first-order valence-electron chi connectivity index (χ1n) is 8.36. The van der Waals surface area contributed by atoms with Crippen molar-refractivity contribution in [3.8, 4) is 0 Å². The van der Waals surface area contributed by atoms with E-state index in [1.807, 2.05) is 17.0 Å². The van der Waals surface area contributed by atoms with Crippen LogP contribution in [0.1, 0.15) is 63.0 Å². The number of carbonyl (C=O) groups excluding carboxylic acids is 1. The smallest absolute Gasteiger partial charge is 0.254 e. The van der Waals surface area contributed by atoms with Crippen molar-refractivity contribution in [2.24, 2.45) is 0 Å². The van der Waals surface area contributed by atoms with Crippen molar-refractivity contribution in [3.05, 3.63) is 29.6 Å². The topological polar surface area (TPSA) is 42.4 Å². The molecule has 1 aliphatic rings. The molecule has 22 heavy (non-hydrogen) atoms. The lowest BCUT2D eigenvalue weighted by Gasteiger charge is -2.41. The molecule has 0 aliphatic carbocycles. The number of aryl methyl sites for hydroxylation is 1. The Balaban J connectivity index is 2.16. The minimum Gasteiger partial charge on any atom is -0.375 e. The summed E-state index contributed by atoms with van der Waals surface area (Å²) in [6, 6.07) is 4.03. The first-order valence-corrected chi connectivity index (χ1v) is 8.36. The van der Waals surface area contributed by atoms with E-state index in [0.29, 0.717) is 0 Å². The summed E-state index contributed by atoms with van der Waals surface area (Å²) in [7, 11) is 0. The summed E-state index contributed by atoms with van der Waals surface area (Å²) in [6.07, 6.45) is 5.50. The van der Waals surface area contributed by atoms with Crippen LogP contribution in [0.2, 0.25) is 0 Å². The van der Waals surface area contributed by atoms with Gasteiger partial charge in [-0.25, -0.2) is 0 Å². The molecule has 0 bridgehead atoms. The molecule has 1 amide bonds. The Bertz CT molecular complexity index is 514. The highest BCUT2D eigenvalue weighted by Crippen LogP contribution is 2.28. The number of nitrogens with zero attached hydrogens (tertiary/aromatic N) is 2. The summed E-state index contributed by atoms with van der Waals surface area (Å²) >= 11 is 0. The maximum atomic E-state index is 12.9. The molecule has 122 valence electrons. The largest absolute Gasteiger partial charge is 0.375 e. The Labute approximate surface area is 133 Å². The minimum absolute atomic E-state index is 0.116. The molecule has 0 radical (unpaired) electrons. The summed E-state index contributed by atoms with van der Waals surface area (Å²) in [5, 5.41) is 0. The molecule has 1 atom stereocenters. The molecular formula is C18H28N2O2. The van der Waals surface area contributed by atoms with Crippen molar-refractivity contribution < 1.29 is 9.53 Å². The zero-order chi connectivity index (χ0) is 16.2. The summed E-state index contributed by atoms with van der Waals surface area (Å²) in [4.78, 5) is 19.2. The second-order valence-corrected chi connectivity index (χ2v) is 6.63. The van der Waals surface area contributed by atoms with Gasteiger partial charge in [0, 0.05) is 36.6 Å². The lowest BCUT2D eigenvalue weighted by molar-refractivity contribution is -0.0777. The van der Waals surface area contributed by atoms with Crippen molar-refractivity contribution in [2.45, 2.75) is 65.0 Å². The molecule has 1 aromatic rings.